The summed E-state index contributed by atoms with van der Waals surface area (Å²) < 4.78 is 31.8. The second-order valence-electron chi connectivity index (χ2n) is 8.51. The van der Waals surface area contributed by atoms with E-state index in [2.05, 4.69) is 39.2 Å². The number of benzene rings is 1. The summed E-state index contributed by atoms with van der Waals surface area (Å²) in [7, 11) is 5.97. The van der Waals surface area contributed by atoms with E-state index in [1.54, 1.807) is 4.68 Å². The number of aromatic nitrogens is 5. The zero-order valence-electron chi connectivity index (χ0n) is 18.5. The monoisotopic (exact) mass is 454 g/mol. The van der Waals surface area contributed by atoms with Gasteiger partial charge in [0.25, 0.3) is 5.56 Å². The molecule has 0 unspecified atom stereocenters. The van der Waals surface area contributed by atoms with Crippen LogP contribution in [0, 0.1) is 11.6 Å². The lowest BCUT2D eigenvalue weighted by Crippen LogP contribution is -2.32. The van der Waals surface area contributed by atoms with Crippen molar-refractivity contribution in [3.05, 3.63) is 52.5 Å². The van der Waals surface area contributed by atoms with E-state index >= 15 is 0 Å². The SMILES string of the molecule is CN(C)[C@H]1CCN(c2cc(-c3cn(-c4c(F)cccc4F)c(=O)c4c(N)n[nH]c34)nn2C)C1. The van der Waals surface area contributed by atoms with E-state index in [9.17, 15) is 13.6 Å². The predicted molar refractivity (Wildman–Crippen MR) is 123 cm³/mol. The molecule has 4 heterocycles. The molecule has 0 amide bonds. The van der Waals surface area contributed by atoms with Gasteiger partial charge in [-0.05, 0) is 32.6 Å². The van der Waals surface area contributed by atoms with Crippen LogP contribution in [0.15, 0.2) is 35.3 Å². The molecule has 1 aromatic carbocycles. The number of nitrogens with two attached hydrogens (primary N) is 1. The first-order chi connectivity index (χ1) is 15.8. The van der Waals surface area contributed by atoms with Crippen molar-refractivity contribution in [2.24, 2.45) is 7.05 Å². The molecule has 11 heteroatoms. The number of fused-ring (bicyclic) bond motifs is 1. The largest absolute Gasteiger partial charge is 0.382 e. The summed E-state index contributed by atoms with van der Waals surface area (Å²) in [5, 5.41) is 11.4. The van der Waals surface area contributed by atoms with Crippen molar-refractivity contribution >= 4 is 22.5 Å². The lowest BCUT2D eigenvalue weighted by atomic mass is 10.1. The standard InChI is InChI=1S/C22H24F2N8O/c1-29(2)12-7-8-31(10-12)17-9-16(28-30(17)3)13-11-32(20-14(23)5-4-6-15(20)24)22(33)18-19(13)26-27-21(18)25/h4-6,9,11-12H,7-8,10H2,1-3H3,(H3,25,26,27)/t12-/m0/s1. The van der Waals surface area contributed by atoms with Gasteiger partial charge >= 0.3 is 0 Å². The number of nitrogens with one attached hydrogen (secondary N) is 1. The van der Waals surface area contributed by atoms with Gasteiger partial charge < -0.3 is 15.5 Å². The van der Waals surface area contributed by atoms with Crippen molar-refractivity contribution < 1.29 is 8.78 Å². The molecular weight excluding hydrogens is 430 g/mol. The summed E-state index contributed by atoms with van der Waals surface area (Å²) in [6, 6.07) is 5.78. The Kier molecular flexibility index (Phi) is 4.93. The van der Waals surface area contributed by atoms with Crippen LogP contribution in [0.5, 0.6) is 0 Å². The summed E-state index contributed by atoms with van der Waals surface area (Å²) in [6.07, 6.45) is 2.41. The summed E-state index contributed by atoms with van der Waals surface area (Å²) >= 11 is 0. The van der Waals surface area contributed by atoms with E-state index in [-0.39, 0.29) is 11.2 Å². The van der Waals surface area contributed by atoms with E-state index in [4.69, 9.17) is 5.73 Å². The molecule has 0 spiro atoms. The summed E-state index contributed by atoms with van der Waals surface area (Å²) in [5.41, 5.74) is 6.15. The number of anilines is 2. The highest BCUT2D eigenvalue weighted by molar-refractivity contribution is 5.98. The third-order valence-electron chi connectivity index (χ3n) is 6.28. The first-order valence-corrected chi connectivity index (χ1v) is 10.6. The molecule has 33 heavy (non-hydrogen) atoms. The van der Waals surface area contributed by atoms with Crippen LogP contribution >= 0.6 is 0 Å². The summed E-state index contributed by atoms with van der Waals surface area (Å²) in [5.74, 6) is -0.868. The lowest BCUT2D eigenvalue weighted by Gasteiger charge is -2.21. The Bertz CT molecular complexity index is 1400. The normalized spacial score (nSPS) is 16.4. The minimum absolute atomic E-state index is 0.0492. The predicted octanol–water partition coefficient (Wildman–Crippen LogP) is 2.11. The highest BCUT2D eigenvalue weighted by Gasteiger charge is 2.27. The minimum Gasteiger partial charge on any atom is -0.382 e. The zero-order chi connectivity index (χ0) is 23.4. The number of hydrogen-bond acceptors (Lipinski definition) is 6. The van der Waals surface area contributed by atoms with E-state index in [0.717, 1.165) is 42.0 Å². The fourth-order valence-corrected chi connectivity index (χ4v) is 4.48. The highest BCUT2D eigenvalue weighted by atomic mass is 19.1. The van der Waals surface area contributed by atoms with Crippen molar-refractivity contribution in [2.75, 3.05) is 37.8 Å². The molecule has 172 valence electrons. The number of aromatic amines is 1. The van der Waals surface area contributed by atoms with Crippen LogP contribution in [0.2, 0.25) is 0 Å². The van der Waals surface area contributed by atoms with Gasteiger partial charge in [0.15, 0.2) is 5.82 Å². The average Bonchev–Trinajstić information content (AvgIpc) is 3.48. The Morgan fingerprint density at radius 3 is 2.64 bits per heavy atom. The van der Waals surface area contributed by atoms with Crippen LogP contribution in [0.1, 0.15) is 6.42 Å². The maximum atomic E-state index is 14.6. The maximum absolute atomic E-state index is 14.6. The molecule has 1 atom stereocenters. The Balaban J connectivity index is 1.69. The van der Waals surface area contributed by atoms with Crippen LogP contribution in [-0.2, 0) is 7.05 Å². The van der Waals surface area contributed by atoms with Crippen molar-refractivity contribution in [3.63, 3.8) is 0 Å². The Labute approximate surface area is 188 Å². The number of aryl methyl sites for hydroxylation is 1. The Morgan fingerprint density at radius 1 is 1.24 bits per heavy atom. The fraction of sp³-hybridized carbons (Fsp3) is 0.318. The molecule has 5 rings (SSSR count). The smallest absolute Gasteiger partial charge is 0.268 e. The second kappa shape index (κ2) is 7.69. The van der Waals surface area contributed by atoms with Gasteiger partial charge in [-0.15, -0.1) is 0 Å². The molecule has 1 aliphatic heterocycles. The molecule has 3 N–H and O–H groups in total. The third kappa shape index (κ3) is 3.35. The first kappa shape index (κ1) is 21.1. The molecule has 4 aromatic rings. The van der Waals surface area contributed by atoms with Crippen LogP contribution in [0.25, 0.3) is 27.8 Å². The van der Waals surface area contributed by atoms with Gasteiger partial charge in [0.1, 0.15) is 28.5 Å². The van der Waals surface area contributed by atoms with Crippen LogP contribution in [-0.4, -0.2) is 62.7 Å². The molecule has 1 saturated heterocycles. The van der Waals surface area contributed by atoms with Gasteiger partial charge in [-0.25, -0.2) is 8.78 Å². The molecule has 9 nitrogen and oxygen atoms in total. The Morgan fingerprint density at radius 2 is 1.97 bits per heavy atom. The van der Waals surface area contributed by atoms with Crippen LogP contribution in [0.3, 0.4) is 0 Å². The number of rotatable bonds is 4. The highest BCUT2D eigenvalue weighted by Crippen LogP contribution is 2.32. The maximum Gasteiger partial charge on any atom is 0.268 e. The molecule has 1 aliphatic rings. The van der Waals surface area contributed by atoms with Gasteiger partial charge in [-0.3, -0.25) is 19.1 Å². The number of nitrogen functional groups attached to an aromatic ring is 1. The van der Waals surface area contributed by atoms with Crippen molar-refractivity contribution in [1.29, 1.82) is 0 Å². The van der Waals surface area contributed by atoms with Crippen molar-refractivity contribution in [2.45, 2.75) is 12.5 Å². The van der Waals surface area contributed by atoms with E-state index in [1.165, 1.54) is 12.3 Å². The van der Waals surface area contributed by atoms with Gasteiger partial charge in [0.2, 0.25) is 0 Å². The van der Waals surface area contributed by atoms with Crippen molar-refractivity contribution in [1.82, 2.24) is 29.4 Å². The molecule has 0 saturated carbocycles. The Hall–Kier alpha value is -3.73. The number of H-pyrrole nitrogens is 1. The van der Waals surface area contributed by atoms with Crippen molar-refractivity contribution in [3.8, 4) is 16.9 Å². The second-order valence-corrected chi connectivity index (χ2v) is 8.51. The molecule has 0 aliphatic carbocycles. The number of halogens is 2. The quantitative estimate of drug-likeness (QED) is 0.490. The minimum atomic E-state index is -0.863. The van der Waals surface area contributed by atoms with E-state index < -0.39 is 22.9 Å². The van der Waals surface area contributed by atoms with Gasteiger partial charge in [0.05, 0.1) is 11.2 Å². The number of likely N-dealkylation sites (N-methyl/N-ethyl adjacent to an activating group) is 1. The number of pyridine rings is 1. The molecule has 3 aromatic heterocycles. The van der Waals surface area contributed by atoms with E-state index in [0.29, 0.717) is 22.8 Å². The van der Waals surface area contributed by atoms with E-state index in [1.807, 2.05) is 13.1 Å². The topological polar surface area (TPSA) is 101 Å². The summed E-state index contributed by atoms with van der Waals surface area (Å²) in [6.45, 7) is 1.74. The zero-order valence-corrected chi connectivity index (χ0v) is 18.5. The third-order valence-corrected chi connectivity index (χ3v) is 6.28. The number of hydrogen-bond donors (Lipinski definition) is 2. The average molecular weight is 454 g/mol. The van der Waals surface area contributed by atoms with Gasteiger partial charge in [-0.1, -0.05) is 6.07 Å². The molecule has 0 bridgehead atoms. The first-order valence-electron chi connectivity index (χ1n) is 10.6. The fourth-order valence-electron chi connectivity index (χ4n) is 4.48. The lowest BCUT2D eigenvalue weighted by molar-refractivity contribution is 0.315. The number of para-hydroxylation sites is 1. The summed E-state index contributed by atoms with van der Waals surface area (Å²) in [4.78, 5) is 17.6. The molecular formula is C22H24F2N8O. The van der Waals surface area contributed by atoms with Gasteiger partial charge in [0, 0.05) is 44.0 Å². The molecule has 0 radical (unpaired) electrons. The molecule has 1 fully saturated rings. The van der Waals surface area contributed by atoms with Crippen LogP contribution < -0.4 is 16.2 Å². The van der Waals surface area contributed by atoms with Gasteiger partial charge in [-0.2, -0.15) is 10.2 Å². The van der Waals surface area contributed by atoms with Crippen LogP contribution in [0.4, 0.5) is 20.4 Å². The number of nitrogens with zero attached hydrogens (tertiary/aromatic N) is 6.